The first-order valence-corrected chi connectivity index (χ1v) is 6.25. The number of benzene rings is 1. The van der Waals surface area contributed by atoms with Crippen LogP contribution in [0.15, 0.2) is 29.0 Å². The lowest BCUT2D eigenvalue weighted by molar-refractivity contribution is 1.17. The molecule has 3 rings (SSSR count). The summed E-state index contributed by atoms with van der Waals surface area (Å²) in [6, 6.07) is 8.11. The first kappa shape index (κ1) is 9.51. The summed E-state index contributed by atoms with van der Waals surface area (Å²) in [5.74, 6) is 0. The second-order valence-corrected chi connectivity index (χ2v) is 5.18. The van der Waals surface area contributed by atoms with E-state index < -0.39 is 0 Å². The molecule has 0 N–H and O–H groups in total. The predicted molar refractivity (Wildman–Crippen MR) is 67.6 cm³/mol. The quantitative estimate of drug-likeness (QED) is 0.458. The molecule has 1 aromatic carbocycles. The Balaban J connectivity index is 2.61. The summed E-state index contributed by atoms with van der Waals surface area (Å²) >= 11 is 10.9. The van der Waals surface area contributed by atoms with E-state index in [2.05, 4.69) is 32.0 Å². The van der Waals surface area contributed by atoms with Gasteiger partial charge in [0.1, 0.15) is 0 Å². The highest BCUT2D eigenvalue weighted by Gasteiger charge is 2.10. The average Bonchev–Trinajstić information content (AvgIpc) is 2.57. The van der Waals surface area contributed by atoms with Crippen molar-refractivity contribution in [3.63, 3.8) is 0 Å². The van der Waals surface area contributed by atoms with E-state index >= 15 is 0 Å². The van der Waals surface area contributed by atoms with E-state index in [1.807, 2.05) is 18.2 Å². The molecule has 2 nitrogen and oxygen atoms in total. The Morgan fingerprint density at radius 1 is 1.20 bits per heavy atom. The minimum atomic E-state index is 0.507. The van der Waals surface area contributed by atoms with E-state index in [-0.39, 0.29) is 0 Å². The van der Waals surface area contributed by atoms with E-state index in [0.29, 0.717) is 9.89 Å². The highest BCUT2D eigenvalue weighted by molar-refractivity contribution is 9.10. The van der Waals surface area contributed by atoms with Gasteiger partial charge in [0, 0.05) is 10.1 Å². The largest absolute Gasteiger partial charge is 0.220 e. The Kier molecular flexibility index (Phi) is 2.16. The van der Waals surface area contributed by atoms with Gasteiger partial charge in [0.2, 0.25) is 0 Å². The van der Waals surface area contributed by atoms with E-state index in [1.54, 1.807) is 11.3 Å². The summed E-state index contributed by atoms with van der Waals surface area (Å²) < 4.78 is 2.66. The minimum Gasteiger partial charge on any atom is -0.220 e. The van der Waals surface area contributed by atoms with Crippen LogP contribution in [-0.4, -0.2) is 9.97 Å². The van der Waals surface area contributed by atoms with Crippen LogP contribution >= 0.6 is 38.9 Å². The van der Waals surface area contributed by atoms with Gasteiger partial charge in [-0.15, -0.1) is 11.3 Å². The van der Waals surface area contributed by atoms with Crippen LogP contribution in [0.5, 0.6) is 0 Å². The van der Waals surface area contributed by atoms with Gasteiger partial charge < -0.3 is 0 Å². The van der Waals surface area contributed by atoms with Crippen molar-refractivity contribution < 1.29 is 0 Å². The number of hydrogen-bond acceptors (Lipinski definition) is 3. The summed E-state index contributed by atoms with van der Waals surface area (Å²) in [5.41, 5.74) is 0.919. The molecular formula is C10H4BrClN2S. The van der Waals surface area contributed by atoms with Crippen molar-refractivity contribution in [3.05, 3.63) is 34.2 Å². The molecule has 0 bridgehead atoms. The van der Waals surface area contributed by atoms with Crippen molar-refractivity contribution in [2.75, 3.05) is 0 Å². The van der Waals surface area contributed by atoms with Crippen molar-refractivity contribution in [2.24, 2.45) is 0 Å². The lowest BCUT2D eigenvalue weighted by atomic mass is 10.2. The fourth-order valence-electron chi connectivity index (χ4n) is 1.53. The monoisotopic (exact) mass is 298 g/mol. The van der Waals surface area contributed by atoms with Gasteiger partial charge in [-0.2, -0.15) is 0 Å². The third-order valence-electron chi connectivity index (χ3n) is 2.15. The zero-order valence-electron chi connectivity index (χ0n) is 7.37. The van der Waals surface area contributed by atoms with Crippen LogP contribution in [0.25, 0.3) is 20.3 Å². The fraction of sp³-hybridized carbons (Fsp3) is 0. The first-order chi connectivity index (χ1) is 7.25. The molecular weight excluding hydrogens is 296 g/mol. The van der Waals surface area contributed by atoms with E-state index in [9.17, 15) is 0 Å². The minimum absolute atomic E-state index is 0.507. The van der Waals surface area contributed by atoms with Crippen LogP contribution in [0.2, 0.25) is 5.15 Å². The van der Waals surface area contributed by atoms with Crippen LogP contribution < -0.4 is 0 Å². The Morgan fingerprint density at radius 3 is 2.87 bits per heavy atom. The topological polar surface area (TPSA) is 25.8 Å². The lowest BCUT2D eigenvalue weighted by Crippen LogP contribution is -1.82. The van der Waals surface area contributed by atoms with Gasteiger partial charge in [0.25, 0.3) is 0 Å². The zero-order valence-corrected chi connectivity index (χ0v) is 10.5. The molecule has 74 valence electrons. The molecule has 0 aliphatic carbocycles. The van der Waals surface area contributed by atoms with Crippen LogP contribution in [0, 0.1) is 0 Å². The second-order valence-electron chi connectivity index (χ2n) is 3.06. The standard InChI is InChI=1S/C10H4BrClN2S/c11-10-13-7-5-3-1-2-4-6(5)15-8(7)9(12)14-10/h1-4H. The highest BCUT2D eigenvalue weighted by atomic mass is 79.9. The molecule has 0 fully saturated rings. The zero-order chi connectivity index (χ0) is 10.4. The normalized spacial score (nSPS) is 11.3. The second kappa shape index (κ2) is 3.40. The number of fused-ring (bicyclic) bond motifs is 3. The van der Waals surface area contributed by atoms with Crippen LogP contribution in [0.4, 0.5) is 0 Å². The van der Waals surface area contributed by atoms with Crippen LogP contribution in [0.1, 0.15) is 0 Å². The summed E-state index contributed by atoms with van der Waals surface area (Å²) in [5, 5.41) is 1.63. The van der Waals surface area contributed by atoms with Gasteiger partial charge >= 0.3 is 0 Å². The van der Waals surface area contributed by atoms with Crippen molar-refractivity contribution in [1.82, 2.24) is 9.97 Å². The molecule has 5 heteroatoms. The van der Waals surface area contributed by atoms with Crippen molar-refractivity contribution in [2.45, 2.75) is 0 Å². The molecule has 0 radical (unpaired) electrons. The Bertz CT molecular complexity index is 665. The van der Waals surface area contributed by atoms with Crippen molar-refractivity contribution >= 4 is 59.2 Å². The molecule has 2 heterocycles. The molecule has 15 heavy (non-hydrogen) atoms. The molecule has 0 amide bonds. The number of aromatic nitrogens is 2. The van der Waals surface area contributed by atoms with Crippen molar-refractivity contribution in [3.8, 4) is 0 Å². The molecule has 0 aliphatic heterocycles. The molecule has 3 aromatic rings. The lowest BCUT2D eigenvalue weighted by Gasteiger charge is -1.93. The molecule has 0 saturated carbocycles. The number of halogens is 2. The highest BCUT2D eigenvalue weighted by Crippen LogP contribution is 2.36. The summed E-state index contributed by atoms with van der Waals surface area (Å²) in [6.45, 7) is 0. The molecule has 0 atom stereocenters. The molecule has 0 unspecified atom stereocenters. The smallest absolute Gasteiger partial charge is 0.198 e. The molecule has 0 aliphatic rings. The predicted octanol–water partition coefficient (Wildman–Crippen LogP) is 4.26. The van der Waals surface area contributed by atoms with E-state index in [0.717, 1.165) is 15.6 Å². The first-order valence-electron chi connectivity index (χ1n) is 4.26. The van der Waals surface area contributed by atoms with Gasteiger partial charge in [0.15, 0.2) is 9.89 Å². The van der Waals surface area contributed by atoms with Gasteiger partial charge in [-0.25, -0.2) is 9.97 Å². The maximum Gasteiger partial charge on any atom is 0.198 e. The van der Waals surface area contributed by atoms with E-state index in [4.69, 9.17) is 11.6 Å². The Morgan fingerprint density at radius 2 is 2.00 bits per heavy atom. The van der Waals surface area contributed by atoms with Gasteiger partial charge in [-0.3, -0.25) is 0 Å². The summed E-state index contributed by atoms with van der Waals surface area (Å²) in [7, 11) is 0. The Hall–Kier alpha value is -0.710. The number of nitrogens with zero attached hydrogens (tertiary/aromatic N) is 2. The van der Waals surface area contributed by atoms with Crippen LogP contribution in [0.3, 0.4) is 0 Å². The maximum atomic E-state index is 6.06. The third-order valence-corrected chi connectivity index (χ3v) is 4.06. The van der Waals surface area contributed by atoms with Gasteiger partial charge in [-0.1, -0.05) is 29.8 Å². The molecule has 2 aromatic heterocycles. The summed E-state index contributed by atoms with van der Waals surface area (Å²) in [6.07, 6.45) is 0. The SMILES string of the molecule is Clc1nc(Br)nc2c1sc1ccccc12. The fourth-order valence-corrected chi connectivity index (χ4v) is 3.30. The average molecular weight is 300 g/mol. The van der Waals surface area contributed by atoms with Crippen molar-refractivity contribution in [1.29, 1.82) is 0 Å². The number of rotatable bonds is 0. The molecule has 0 saturated heterocycles. The maximum absolute atomic E-state index is 6.06. The number of hydrogen-bond donors (Lipinski definition) is 0. The summed E-state index contributed by atoms with van der Waals surface area (Å²) in [4.78, 5) is 8.43. The van der Waals surface area contributed by atoms with Crippen LogP contribution in [-0.2, 0) is 0 Å². The van der Waals surface area contributed by atoms with Gasteiger partial charge in [-0.05, 0) is 22.0 Å². The number of thiophene rings is 1. The van der Waals surface area contributed by atoms with Gasteiger partial charge in [0.05, 0.1) is 10.2 Å². The third kappa shape index (κ3) is 1.44. The molecule has 0 spiro atoms. The Labute approximate surface area is 103 Å². The van der Waals surface area contributed by atoms with E-state index in [1.165, 1.54) is 4.70 Å².